The van der Waals surface area contributed by atoms with Gasteiger partial charge in [0.1, 0.15) is 11.7 Å². The van der Waals surface area contributed by atoms with Gasteiger partial charge in [-0.25, -0.2) is 5.84 Å². The van der Waals surface area contributed by atoms with Crippen LogP contribution in [0.1, 0.15) is 60.3 Å². The Morgan fingerprint density at radius 1 is 1.36 bits per heavy atom. The van der Waals surface area contributed by atoms with E-state index in [0.717, 1.165) is 11.3 Å². The lowest BCUT2D eigenvalue weighted by Crippen LogP contribution is -2.44. The molecule has 0 aromatic heterocycles. The maximum Gasteiger partial charge on any atom is 0.306 e. The lowest BCUT2D eigenvalue weighted by atomic mass is 9.81. The Hall–Kier alpha value is -1.13. The maximum atomic E-state index is 12.9. The van der Waals surface area contributed by atoms with Crippen molar-refractivity contribution < 1.29 is 24.5 Å². The molecule has 202 valence electrons. The van der Waals surface area contributed by atoms with E-state index in [4.69, 9.17) is 10.6 Å². The molecule has 0 radical (unpaired) electrons. The van der Waals surface area contributed by atoms with Crippen molar-refractivity contribution in [2.24, 2.45) is 17.7 Å². The fourth-order valence-corrected chi connectivity index (χ4v) is 5.53. The Morgan fingerprint density at radius 2 is 2.06 bits per heavy atom. The van der Waals surface area contributed by atoms with Crippen LogP contribution in [0.5, 0.6) is 0 Å². The van der Waals surface area contributed by atoms with Crippen molar-refractivity contribution in [3.8, 4) is 0 Å². The molecule has 8 nitrogen and oxygen atoms in total. The number of nitrogens with two attached hydrogens (primary N) is 1. The minimum Gasteiger partial charge on any atom is -0.457 e. The van der Waals surface area contributed by atoms with Crippen molar-refractivity contribution in [2.75, 3.05) is 6.26 Å². The van der Waals surface area contributed by atoms with E-state index >= 15 is 0 Å². The summed E-state index contributed by atoms with van der Waals surface area (Å²) in [6.45, 7) is 8.90. The number of allylic oxidation sites excluding steroid dienone is 3. The Bertz CT molecular complexity index is 921. The molecule has 0 amide bonds. The van der Waals surface area contributed by atoms with Gasteiger partial charge in [-0.1, -0.05) is 57.7 Å². The van der Waals surface area contributed by atoms with Crippen LogP contribution in [0.3, 0.4) is 0 Å². The highest BCUT2D eigenvalue weighted by Crippen LogP contribution is 2.36. The molecule has 2 aliphatic rings. The molecule has 6 atom stereocenters. The summed E-state index contributed by atoms with van der Waals surface area (Å²) in [4.78, 5) is 25.7. The highest BCUT2D eigenvalue weighted by Gasteiger charge is 2.38. The number of hydrogen-bond acceptors (Lipinski definition) is 10. The van der Waals surface area contributed by atoms with Gasteiger partial charge in [-0.15, -0.1) is 3.82 Å². The smallest absolute Gasteiger partial charge is 0.306 e. The van der Waals surface area contributed by atoms with E-state index in [1.54, 1.807) is 6.92 Å². The second-order valence-corrected chi connectivity index (χ2v) is 12.9. The van der Waals surface area contributed by atoms with Crippen molar-refractivity contribution in [1.82, 2.24) is 8.12 Å². The number of rotatable bonds is 5. The molecule has 4 N–H and O–H groups in total. The average Bonchev–Trinajstić information content (AvgIpc) is 3.57. The van der Waals surface area contributed by atoms with Crippen LogP contribution in [0.4, 0.5) is 0 Å². The Labute approximate surface area is 225 Å². The minimum absolute atomic E-state index is 0.0711. The first-order chi connectivity index (χ1) is 16.9. The van der Waals surface area contributed by atoms with Crippen LogP contribution >= 0.6 is 32.7 Å². The molecule has 0 saturated carbocycles. The minimum atomic E-state index is -1.73. The number of Topliss-reactive ketones (excluding diaryl/α,β-unsaturated/α-hetero) is 1. The van der Waals surface area contributed by atoms with Gasteiger partial charge in [-0.3, -0.25) is 13.9 Å². The Balaban J connectivity index is 2.20. The molecule has 11 heteroatoms. The van der Waals surface area contributed by atoms with Crippen molar-refractivity contribution >= 4 is 44.4 Å². The van der Waals surface area contributed by atoms with Gasteiger partial charge in [0.2, 0.25) is 0 Å². The number of cyclic esters (lactones) is 1. The van der Waals surface area contributed by atoms with Gasteiger partial charge in [0.05, 0.1) is 23.9 Å². The van der Waals surface area contributed by atoms with Gasteiger partial charge in [0.15, 0.2) is 5.78 Å². The number of aliphatic hydroxyl groups excluding tert-OH is 1. The number of aliphatic hydroxyl groups is 2. The molecular weight excluding hydrogens is 517 g/mol. The molecule has 36 heavy (non-hydrogen) atoms. The zero-order valence-corrected chi connectivity index (χ0v) is 24.6. The standard InChI is InChI=1S/C25H40N3O5PS2/c1-16-8-7-13-34-18(3)9-10-21(17(2)14-20-15-27(20)36-28(26)35-6)33-22(29)11-12-25(5,32)24(31)19(4)23(16)30/h7,9,13-16,19,21,23,30,32,34H,8,10-12,26H2,1-6H3/b13-7-,17-14+,18-9-. The molecule has 2 heterocycles. The van der Waals surface area contributed by atoms with Crippen LogP contribution in [0, 0.1) is 11.8 Å². The fraction of sp³-hybridized carbons (Fsp3) is 0.600. The van der Waals surface area contributed by atoms with Crippen molar-refractivity contribution in [1.29, 1.82) is 0 Å². The summed E-state index contributed by atoms with van der Waals surface area (Å²) in [7, 11) is 0.470. The summed E-state index contributed by atoms with van der Waals surface area (Å²) in [6, 6.07) is 0. The van der Waals surface area contributed by atoms with Gasteiger partial charge in [0, 0.05) is 25.0 Å². The highest BCUT2D eigenvalue weighted by atomic mass is 32.2. The quantitative estimate of drug-likeness (QED) is 0.145. The number of hydrazine groups is 1. The van der Waals surface area contributed by atoms with E-state index in [0.29, 0.717) is 21.4 Å². The van der Waals surface area contributed by atoms with Gasteiger partial charge in [0.25, 0.3) is 0 Å². The molecule has 0 aromatic rings. The summed E-state index contributed by atoms with van der Waals surface area (Å²) < 4.78 is 9.28. The lowest BCUT2D eigenvalue weighted by Gasteiger charge is -2.30. The largest absolute Gasteiger partial charge is 0.457 e. The maximum absolute atomic E-state index is 12.9. The SMILES string of the molecule is CSN(N)SN1C=C1/C=C(\C)C1C/C=C(/C)P/C=C\CC(C)C(O)C(C)C(=O)C(C)(O)CCC(=O)O1. The average molecular weight is 558 g/mol. The number of hydrogen-bond donors (Lipinski definition) is 3. The molecule has 2 aliphatic heterocycles. The third-order valence-electron chi connectivity index (χ3n) is 6.37. The summed E-state index contributed by atoms with van der Waals surface area (Å²) in [5.41, 5.74) is 0.130. The van der Waals surface area contributed by atoms with Crippen LogP contribution in [0.15, 0.2) is 46.8 Å². The third kappa shape index (κ3) is 9.63. The van der Waals surface area contributed by atoms with Gasteiger partial charge < -0.3 is 14.9 Å². The molecule has 0 aliphatic carbocycles. The van der Waals surface area contributed by atoms with Gasteiger partial charge in [-0.05, 0) is 57.4 Å². The van der Waals surface area contributed by atoms with Crippen LogP contribution < -0.4 is 5.84 Å². The monoisotopic (exact) mass is 557 g/mol. The Kier molecular flexibility index (Phi) is 12.2. The predicted octanol–water partition coefficient (Wildman–Crippen LogP) is 4.64. The molecule has 0 aromatic carbocycles. The zero-order valence-electron chi connectivity index (χ0n) is 21.9. The Morgan fingerprint density at radius 3 is 2.72 bits per heavy atom. The topological polar surface area (TPSA) is 116 Å². The van der Waals surface area contributed by atoms with E-state index in [1.807, 2.05) is 49.7 Å². The first-order valence-corrected chi connectivity index (χ1v) is 15.0. The van der Waals surface area contributed by atoms with Crippen molar-refractivity contribution in [2.45, 2.75) is 78.1 Å². The van der Waals surface area contributed by atoms with E-state index in [1.165, 1.54) is 40.1 Å². The first-order valence-electron chi connectivity index (χ1n) is 12.0. The van der Waals surface area contributed by atoms with Crippen LogP contribution in [-0.4, -0.2) is 54.2 Å². The van der Waals surface area contributed by atoms with E-state index in [9.17, 15) is 19.8 Å². The summed E-state index contributed by atoms with van der Waals surface area (Å²) in [6.07, 6.45) is 9.53. The second-order valence-electron chi connectivity index (χ2n) is 9.60. The molecule has 0 saturated heterocycles. The number of carbonyl (C=O) groups is 2. The molecule has 2 rings (SSSR count). The molecule has 0 fully saturated rings. The zero-order chi connectivity index (χ0) is 27.0. The molecule has 0 bridgehead atoms. The summed E-state index contributed by atoms with van der Waals surface area (Å²) in [5, 5.41) is 22.7. The predicted molar refractivity (Wildman–Crippen MR) is 150 cm³/mol. The number of carbonyl (C=O) groups excluding carboxylic acids is 2. The fourth-order valence-electron chi connectivity index (χ4n) is 3.82. The van der Waals surface area contributed by atoms with Crippen molar-refractivity contribution in [3.63, 3.8) is 0 Å². The van der Waals surface area contributed by atoms with E-state index in [2.05, 4.69) is 11.9 Å². The number of nitrogens with zero attached hydrogens (tertiary/aromatic N) is 2. The number of ketones is 1. The van der Waals surface area contributed by atoms with E-state index in [-0.39, 0.29) is 18.8 Å². The first kappa shape index (κ1) is 31.1. The molecular formula is C25H40N3O5PS2. The third-order valence-corrected chi connectivity index (χ3v) is 9.09. The number of ether oxygens (including phenoxy) is 1. The highest BCUT2D eigenvalue weighted by molar-refractivity contribution is 8.10. The molecule has 6 unspecified atom stereocenters. The van der Waals surface area contributed by atoms with Crippen molar-refractivity contribution in [3.05, 3.63) is 46.8 Å². The lowest BCUT2D eigenvalue weighted by molar-refractivity contribution is -0.151. The molecule has 0 spiro atoms. The second kappa shape index (κ2) is 14.1. The summed E-state index contributed by atoms with van der Waals surface area (Å²) >= 11 is 2.76. The summed E-state index contributed by atoms with van der Waals surface area (Å²) in [5.74, 6) is 6.06. The van der Waals surface area contributed by atoms with Crippen LogP contribution in [0.25, 0.3) is 0 Å². The van der Waals surface area contributed by atoms with Gasteiger partial charge >= 0.3 is 5.97 Å². The van der Waals surface area contributed by atoms with Crippen LogP contribution in [-0.2, 0) is 14.3 Å². The number of esters is 1. The van der Waals surface area contributed by atoms with Gasteiger partial charge in [-0.2, -0.15) is 0 Å². The normalized spacial score (nSPS) is 34.6. The van der Waals surface area contributed by atoms with E-state index < -0.39 is 35.5 Å². The van der Waals surface area contributed by atoms with Crippen LogP contribution in [0.2, 0.25) is 0 Å².